The second-order valence-electron chi connectivity index (χ2n) is 4.08. The lowest BCUT2D eigenvalue weighted by atomic mass is 9.46. The molecule has 1 aromatic rings. The molecule has 4 rings (SSSR count). The second-order valence-corrected chi connectivity index (χ2v) is 5.00. The highest BCUT2D eigenvalue weighted by molar-refractivity contribution is 9.10. The Balaban J connectivity index is 1.93. The van der Waals surface area contributed by atoms with Gasteiger partial charge in [0.2, 0.25) is 0 Å². The molecule has 3 fully saturated rings. The van der Waals surface area contributed by atoms with Gasteiger partial charge in [-0.2, -0.15) is 5.10 Å². The fourth-order valence-corrected chi connectivity index (χ4v) is 2.77. The third kappa shape index (κ3) is 0.677. The van der Waals surface area contributed by atoms with E-state index in [0.29, 0.717) is 0 Å². The molecule has 12 heavy (non-hydrogen) atoms. The van der Waals surface area contributed by atoms with Crippen LogP contribution in [0.1, 0.15) is 19.3 Å². The summed E-state index contributed by atoms with van der Waals surface area (Å²) < 4.78 is 2.99. The third-order valence-electron chi connectivity index (χ3n) is 3.01. The van der Waals surface area contributed by atoms with E-state index in [1.165, 1.54) is 0 Å². The number of aliphatic hydroxyl groups is 1. The van der Waals surface area contributed by atoms with Crippen molar-refractivity contribution >= 4 is 15.9 Å². The molecule has 3 saturated carbocycles. The summed E-state index contributed by atoms with van der Waals surface area (Å²) in [6, 6.07) is 0. The first-order chi connectivity index (χ1) is 5.62. The molecule has 0 aromatic carbocycles. The summed E-state index contributed by atoms with van der Waals surface area (Å²) in [5.74, 6) is 0. The Bertz CT molecular complexity index is 327. The standard InChI is InChI=1S/C8H9BrN2O/c9-6-1-10-11(2-6)7-3-8(12,4-7)5-7/h1-2,12H,3-5H2. The van der Waals surface area contributed by atoms with Crippen LogP contribution in [0.3, 0.4) is 0 Å². The summed E-state index contributed by atoms with van der Waals surface area (Å²) in [6.07, 6.45) is 6.43. The van der Waals surface area contributed by atoms with Gasteiger partial charge in [-0.15, -0.1) is 0 Å². The van der Waals surface area contributed by atoms with E-state index in [0.717, 1.165) is 23.7 Å². The average molecular weight is 229 g/mol. The Kier molecular flexibility index (Phi) is 1.05. The van der Waals surface area contributed by atoms with Crippen LogP contribution >= 0.6 is 15.9 Å². The van der Waals surface area contributed by atoms with Crippen molar-refractivity contribution < 1.29 is 5.11 Å². The van der Waals surface area contributed by atoms with Gasteiger partial charge in [-0.3, -0.25) is 4.68 Å². The molecular formula is C8H9BrN2O. The summed E-state index contributed by atoms with van der Waals surface area (Å²) in [5.41, 5.74) is -0.167. The lowest BCUT2D eigenvalue weighted by Gasteiger charge is -2.67. The number of hydrogen-bond acceptors (Lipinski definition) is 2. The van der Waals surface area contributed by atoms with Crippen LogP contribution < -0.4 is 0 Å². The van der Waals surface area contributed by atoms with Gasteiger partial charge in [0, 0.05) is 25.5 Å². The molecular weight excluding hydrogens is 220 g/mol. The second kappa shape index (κ2) is 1.77. The molecule has 0 atom stereocenters. The quantitative estimate of drug-likeness (QED) is 0.787. The number of halogens is 1. The summed E-state index contributed by atoms with van der Waals surface area (Å²) in [4.78, 5) is 0. The van der Waals surface area contributed by atoms with Gasteiger partial charge in [0.05, 0.1) is 21.8 Å². The maximum Gasteiger partial charge on any atom is 0.0717 e. The molecule has 0 aliphatic heterocycles. The van der Waals surface area contributed by atoms with E-state index in [1.807, 2.05) is 10.9 Å². The fourth-order valence-electron chi connectivity index (χ4n) is 2.49. The first-order valence-corrected chi connectivity index (χ1v) is 4.84. The first-order valence-electron chi connectivity index (χ1n) is 4.05. The number of aromatic nitrogens is 2. The van der Waals surface area contributed by atoms with E-state index in [-0.39, 0.29) is 11.1 Å². The van der Waals surface area contributed by atoms with Gasteiger partial charge in [-0.25, -0.2) is 0 Å². The molecule has 0 amide bonds. The molecule has 0 spiro atoms. The predicted octanol–water partition coefficient (Wildman–Crippen LogP) is 1.27. The molecule has 3 aliphatic rings. The number of rotatable bonds is 1. The smallest absolute Gasteiger partial charge is 0.0717 e. The van der Waals surface area contributed by atoms with E-state index in [2.05, 4.69) is 21.0 Å². The van der Waals surface area contributed by atoms with Crippen LogP contribution in [0.25, 0.3) is 0 Å². The molecule has 64 valence electrons. The van der Waals surface area contributed by atoms with Crippen LogP contribution in [0.15, 0.2) is 16.9 Å². The van der Waals surface area contributed by atoms with Gasteiger partial charge in [-0.05, 0) is 15.9 Å². The van der Waals surface area contributed by atoms with Gasteiger partial charge in [0.25, 0.3) is 0 Å². The minimum Gasteiger partial charge on any atom is -0.390 e. The third-order valence-corrected chi connectivity index (χ3v) is 3.42. The van der Waals surface area contributed by atoms with Crippen LogP contribution in [-0.2, 0) is 5.54 Å². The zero-order valence-electron chi connectivity index (χ0n) is 6.50. The lowest BCUT2D eigenvalue weighted by molar-refractivity contribution is -0.250. The molecule has 0 unspecified atom stereocenters. The summed E-state index contributed by atoms with van der Waals surface area (Å²) in [7, 11) is 0. The maximum atomic E-state index is 9.56. The van der Waals surface area contributed by atoms with Crippen molar-refractivity contribution in [2.45, 2.75) is 30.4 Å². The largest absolute Gasteiger partial charge is 0.390 e. The molecule has 1 heterocycles. The van der Waals surface area contributed by atoms with Gasteiger partial charge in [-0.1, -0.05) is 0 Å². The number of hydrogen-bond donors (Lipinski definition) is 1. The molecule has 3 nitrogen and oxygen atoms in total. The zero-order valence-corrected chi connectivity index (χ0v) is 8.08. The van der Waals surface area contributed by atoms with E-state index < -0.39 is 0 Å². The van der Waals surface area contributed by atoms with Crippen molar-refractivity contribution in [3.8, 4) is 0 Å². The van der Waals surface area contributed by atoms with Crippen molar-refractivity contribution in [2.24, 2.45) is 0 Å². The molecule has 0 radical (unpaired) electrons. The molecule has 1 N–H and O–H groups in total. The zero-order chi connectivity index (χ0) is 8.40. The van der Waals surface area contributed by atoms with E-state index in [4.69, 9.17) is 0 Å². The summed E-state index contributed by atoms with van der Waals surface area (Å²) >= 11 is 3.36. The average Bonchev–Trinajstić information content (AvgIpc) is 2.26. The molecule has 1 aromatic heterocycles. The fraction of sp³-hybridized carbons (Fsp3) is 0.625. The molecule has 0 saturated heterocycles. The highest BCUT2D eigenvalue weighted by Gasteiger charge is 2.69. The van der Waals surface area contributed by atoms with Crippen molar-refractivity contribution in [2.75, 3.05) is 0 Å². The summed E-state index contributed by atoms with van der Waals surface area (Å²) in [6.45, 7) is 0. The van der Waals surface area contributed by atoms with E-state index in [1.54, 1.807) is 6.20 Å². The highest BCUT2D eigenvalue weighted by Crippen LogP contribution is 2.64. The Morgan fingerprint density at radius 2 is 2.17 bits per heavy atom. The highest BCUT2D eigenvalue weighted by atomic mass is 79.9. The monoisotopic (exact) mass is 228 g/mol. The Hall–Kier alpha value is -0.350. The Morgan fingerprint density at radius 1 is 1.50 bits per heavy atom. The number of nitrogens with zero attached hydrogens (tertiary/aromatic N) is 2. The van der Waals surface area contributed by atoms with Gasteiger partial charge in [0.1, 0.15) is 0 Å². The molecule has 2 bridgehead atoms. The van der Waals surface area contributed by atoms with Gasteiger partial charge >= 0.3 is 0 Å². The first kappa shape index (κ1) is 7.09. The topological polar surface area (TPSA) is 38.0 Å². The lowest BCUT2D eigenvalue weighted by Crippen LogP contribution is -2.72. The van der Waals surface area contributed by atoms with Crippen molar-refractivity contribution in [1.82, 2.24) is 9.78 Å². The van der Waals surface area contributed by atoms with E-state index in [9.17, 15) is 5.11 Å². The van der Waals surface area contributed by atoms with Gasteiger partial charge < -0.3 is 5.11 Å². The van der Waals surface area contributed by atoms with Gasteiger partial charge in [0.15, 0.2) is 0 Å². The van der Waals surface area contributed by atoms with E-state index >= 15 is 0 Å². The SMILES string of the molecule is OC12CC(n3cc(Br)cn3)(C1)C2. The van der Waals surface area contributed by atoms with Crippen molar-refractivity contribution in [1.29, 1.82) is 0 Å². The molecule has 3 aliphatic carbocycles. The summed E-state index contributed by atoms with van der Waals surface area (Å²) in [5, 5.41) is 13.8. The Morgan fingerprint density at radius 3 is 2.58 bits per heavy atom. The van der Waals surface area contributed by atoms with Crippen molar-refractivity contribution in [3.63, 3.8) is 0 Å². The van der Waals surface area contributed by atoms with Crippen LogP contribution in [0.5, 0.6) is 0 Å². The normalized spacial score (nSPS) is 43.5. The predicted molar refractivity (Wildman–Crippen MR) is 46.7 cm³/mol. The maximum absolute atomic E-state index is 9.56. The van der Waals surface area contributed by atoms with Crippen molar-refractivity contribution in [3.05, 3.63) is 16.9 Å². The van der Waals surface area contributed by atoms with Crippen LogP contribution in [0.4, 0.5) is 0 Å². The van der Waals surface area contributed by atoms with Crippen LogP contribution in [-0.4, -0.2) is 20.5 Å². The minimum absolute atomic E-state index is 0.167. The Labute approximate surface area is 78.5 Å². The van der Waals surface area contributed by atoms with Crippen LogP contribution in [0.2, 0.25) is 0 Å². The molecule has 4 heteroatoms. The minimum atomic E-state index is -0.335. The van der Waals surface area contributed by atoms with Crippen LogP contribution in [0, 0.1) is 0 Å².